The Morgan fingerprint density at radius 2 is 1.95 bits per heavy atom. The molecule has 0 saturated carbocycles. The Balaban J connectivity index is 2.78. The Bertz CT molecular complexity index is 419. The highest BCUT2D eigenvalue weighted by Gasteiger charge is 2.19. The largest absolute Gasteiger partial charge is 0.383 e. The maximum Gasteiger partial charge on any atom is 0.177 e. The molecule has 0 aliphatic carbocycles. The number of halogens is 1. The van der Waals surface area contributed by atoms with Gasteiger partial charge in [0.1, 0.15) is 0 Å². The smallest absolute Gasteiger partial charge is 0.177 e. The fraction of sp³-hybridized carbons (Fsp3) is 0.562. The molecule has 0 radical (unpaired) electrons. The van der Waals surface area contributed by atoms with Gasteiger partial charge in [0.25, 0.3) is 0 Å². The zero-order chi connectivity index (χ0) is 15.0. The Kier molecular flexibility index (Phi) is 8.04. The van der Waals surface area contributed by atoms with E-state index in [-0.39, 0.29) is 5.78 Å². The van der Waals surface area contributed by atoms with Crippen LogP contribution in [-0.4, -0.2) is 43.5 Å². The van der Waals surface area contributed by atoms with E-state index in [1.807, 2.05) is 24.3 Å². The first-order chi connectivity index (χ1) is 9.63. The Labute approximate surface area is 130 Å². The number of ether oxygens (including phenoxy) is 1. The van der Waals surface area contributed by atoms with E-state index >= 15 is 0 Å². The molecule has 4 heteroatoms. The van der Waals surface area contributed by atoms with Crippen molar-refractivity contribution < 1.29 is 9.53 Å². The van der Waals surface area contributed by atoms with Gasteiger partial charge in [-0.1, -0.05) is 48.0 Å². The van der Waals surface area contributed by atoms with E-state index in [0.29, 0.717) is 19.2 Å². The molecule has 112 valence electrons. The van der Waals surface area contributed by atoms with E-state index < -0.39 is 0 Å². The minimum Gasteiger partial charge on any atom is -0.383 e. The number of hydrogen-bond donors (Lipinski definition) is 0. The molecular formula is C16H24BrNO2. The summed E-state index contributed by atoms with van der Waals surface area (Å²) in [6, 6.07) is 8.02. The van der Waals surface area contributed by atoms with Crippen LogP contribution in [0.3, 0.4) is 0 Å². The first-order valence-corrected chi connectivity index (χ1v) is 7.94. The summed E-state index contributed by atoms with van der Waals surface area (Å²) in [5.74, 6) is 0.153. The molecule has 0 saturated heterocycles. The molecule has 0 aliphatic heterocycles. The van der Waals surface area contributed by atoms with Crippen LogP contribution in [0.2, 0.25) is 0 Å². The Hall–Kier alpha value is -0.710. The molecule has 20 heavy (non-hydrogen) atoms. The van der Waals surface area contributed by atoms with Gasteiger partial charge in [-0.2, -0.15) is 0 Å². The van der Waals surface area contributed by atoms with Crippen LogP contribution >= 0.6 is 15.9 Å². The number of nitrogens with zero attached hydrogens (tertiary/aromatic N) is 1. The van der Waals surface area contributed by atoms with Gasteiger partial charge in [-0.15, -0.1) is 0 Å². The van der Waals surface area contributed by atoms with Crippen LogP contribution in [0, 0.1) is 0 Å². The maximum atomic E-state index is 12.5. The average Bonchev–Trinajstić information content (AvgIpc) is 2.46. The highest BCUT2D eigenvalue weighted by molar-refractivity contribution is 9.10. The van der Waals surface area contributed by atoms with Crippen molar-refractivity contribution >= 4 is 21.7 Å². The predicted molar refractivity (Wildman–Crippen MR) is 86.3 cm³/mol. The number of hydrogen-bond acceptors (Lipinski definition) is 3. The van der Waals surface area contributed by atoms with E-state index in [0.717, 1.165) is 29.4 Å². The highest BCUT2D eigenvalue weighted by Crippen LogP contribution is 2.18. The normalized spacial score (nSPS) is 11.3. The maximum absolute atomic E-state index is 12.5. The van der Waals surface area contributed by atoms with Crippen LogP contribution in [-0.2, 0) is 4.74 Å². The summed E-state index contributed by atoms with van der Waals surface area (Å²) in [6.45, 7) is 6.21. The molecule has 0 fully saturated rings. The summed E-state index contributed by atoms with van der Waals surface area (Å²) in [5, 5.41) is 0. The molecule has 0 amide bonds. The second kappa shape index (κ2) is 9.27. The van der Waals surface area contributed by atoms with Gasteiger partial charge in [-0.3, -0.25) is 9.69 Å². The number of carbonyl (C=O) groups excluding carboxylic acids is 1. The molecule has 0 unspecified atom stereocenters. The molecule has 0 spiro atoms. The molecule has 0 atom stereocenters. The van der Waals surface area contributed by atoms with E-state index in [2.05, 4.69) is 34.7 Å². The first-order valence-electron chi connectivity index (χ1n) is 7.14. The summed E-state index contributed by atoms with van der Waals surface area (Å²) in [6.07, 6.45) is 2.09. The molecule has 3 nitrogen and oxygen atoms in total. The lowest BCUT2D eigenvalue weighted by molar-refractivity contribution is 0.0811. The lowest BCUT2D eigenvalue weighted by Crippen LogP contribution is -2.40. The molecule has 0 bridgehead atoms. The third-order valence-corrected chi connectivity index (χ3v) is 4.25. The average molecular weight is 342 g/mol. The first kappa shape index (κ1) is 17.3. The summed E-state index contributed by atoms with van der Waals surface area (Å²) in [5.41, 5.74) is 0.751. The minimum atomic E-state index is 0.153. The van der Waals surface area contributed by atoms with Crippen molar-refractivity contribution in [1.29, 1.82) is 0 Å². The minimum absolute atomic E-state index is 0.153. The number of ketones is 1. The van der Waals surface area contributed by atoms with Gasteiger partial charge in [0.15, 0.2) is 5.78 Å². The second-order valence-corrected chi connectivity index (χ2v) is 5.69. The number of Topliss-reactive ketones (excluding diaryl/α,β-unsaturated/α-hetero) is 1. The third-order valence-electron chi connectivity index (χ3n) is 3.56. The van der Waals surface area contributed by atoms with Crippen molar-refractivity contribution in [1.82, 2.24) is 4.90 Å². The van der Waals surface area contributed by atoms with Crippen LogP contribution < -0.4 is 0 Å². The summed E-state index contributed by atoms with van der Waals surface area (Å²) >= 11 is 3.45. The van der Waals surface area contributed by atoms with Crippen molar-refractivity contribution in [2.24, 2.45) is 0 Å². The zero-order valence-electron chi connectivity index (χ0n) is 12.6. The monoisotopic (exact) mass is 341 g/mol. The van der Waals surface area contributed by atoms with Gasteiger partial charge in [0.05, 0.1) is 13.2 Å². The SMILES string of the molecule is CCC(CC)N(CCOC)CC(=O)c1ccccc1Br. The van der Waals surface area contributed by atoms with E-state index in [1.165, 1.54) is 0 Å². The summed E-state index contributed by atoms with van der Waals surface area (Å²) < 4.78 is 6.02. The van der Waals surface area contributed by atoms with Gasteiger partial charge in [-0.25, -0.2) is 0 Å². The van der Waals surface area contributed by atoms with Crippen molar-refractivity contribution in [3.05, 3.63) is 34.3 Å². The van der Waals surface area contributed by atoms with Crippen LogP contribution in [0.15, 0.2) is 28.7 Å². The van der Waals surface area contributed by atoms with Crippen LogP contribution in [0.1, 0.15) is 37.0 Å². The highest BCUT2D eigenvalue weighted by atomic mass is 79.9. The van der Waals surface area contributed by atoms with Gasteiger partial charge < -0.3 is 4.74 Å². The third kappa shape index (κ3) is 5.00. The van der Waals surface area contributed by atoms with Crippen molar-refractivity contribution in [2.75, 3.05) is 26.8 Å². The molecule has 0 aliphatic rings. The topological polar surface area (TPSA) is 29.5 Å². The quantitative estimate of drug-likeness (QED) is 0.640. The fourth-order valence-corrected chi connectivity index (χ4v) is 2.87. The van der Waals surface area contributed by atoms with E-state index in [4.69, 9.17) is 4.74 Å². The van der Waals surface area contributed by atoms with Gasteiger partial charge >= 0.3 is 0 Å². The summed E-state index contributed by atoms with van der Waals surface area (Å²) in [4.78, 5) is 14.7. The number of rotatable bonds is 9. The number of benzene rings is 1. The van der Waals surface area contributed by atoms with Crippen molar-refractivity contribution in [2.45, 2.75) is 32.7 Å². The van der Waals surface area contributed by atoms with Crippen molar-refractivity contribution in [3.63, 3.8) is 0 Å². The van der Waals surface area contributed by atoms with E-state index in [1.54, 1.807) is 7.11 Å². The number of methoxy groups -OCH3 is 1. The molecule has 1 aromatic rings. The van der Waals surface area contributed by atoms with Crippen molar-refractivity contribution in [3.8, 4) is 0 Å². The van der Waals surface area contributed by atoms with Gasteiger partial charge in [0, 0.05) is 29.7 Å². The molecule has 0 heterocycles. The lowest BCUT2D eigenvalue weighted by atomic mass is 10.1. The molecule has 0 N–H and O–H groups in total. The summed E-state index contributed by atoms with van der Waals surface area (Å²) in [7, 11) is 1.70. The molecule has 1 aromatic carbocycles. The number of carbonyl (C=O) groups is 1. The second-order valence-electron chi connectivity index (χ2n) is 4.84. The molecular weight excluding hydrogens is 318 g/mol. The fourth-order valence-electron chi connectivity index (χ4n) is 2.36. The molecule has 0 aromatic heterocycles. The van der Waals surface area contributed by atoms with Gasteiger partial charge in [0.2, 0.25) is 0 Å². The van der Waals surface area contributed by atoms with Gasteiger partial charge in [-0.05, 0) is 18.9 Å². The van der Waals surface area contributed by atoms with Crippen LogP contribution in [0.25, 0.3) is 0 Å². The van der Waals surface area contributed by atoms with Crippen LogP contribution in [0.4, 0.5) is 0 Å². The van der Waals surface area contributed by atoms with Crippen LogP contribution in [0.5, 0.6) is 0 Å². The lowest BCUT2D eigenvalue weighted by Gasteiger charge is -2.29. The Morgan fingerprint density at radius 1 is 1.30 bits per heavy atom. The standard InChI is InChI=1S/C16H24BrNO2/c1-4-13(5-2)18(10-11-20-3)12-16(19)14-8-6-7-9-15(14)17/h6-9,13H,4-5,10-12H2,1-3H3. The predicted octanol–water partition coefficient (Wildman–Crippen LogP) is 3.77. The Morgan fingerprint density at radius 3 is 2.50 bits per heavy atom. The van der Waals surface area contributed by atoms with E-state index in [9.17, 15) is 4.79 Å². The molecule has 1 rings (SSSR count). The zero-order valence-corrected chi connectivity index (χ0v) is 14.1.